The molecule has 1 saturated carbocycles. The molecule has 0 aromatic rings. The summed E-state index contributed by atoms with van der Waals surface area (Å²) < 4.78 is 41.1. The number of methoxy groups -OCH3 is 1. The van der Waals surface area contributed by atoms with Crippen molar-refractivity contribution in [3.05, 3.63) is 11.1 Å². The number of carbonyl (C=O) groups excluding carboxylic acids is 1. The van der Waals surface area contributed by atoms with Crippen LogP contribution in [0.5, 0.6) is 0 Å². The Kier molecular flexibility index (Phi) is 3.29. The van der Waals surface area contributed by atoms with Gasteiger partial charge in [-0.2, -0.15) is 13.2 Å². The van der Waals surface area contributed by atoms with E-state index in [1.165, 1.54) is 7.11 Å². The molecule has 0 radical (unpaired) electrons. The molecule has 16 heavy (non-hydrogen) atoms. The van der Waals surface area contributed by atoms with Gasteiger partial charge in [0.05, 0.1) is 13.0 Å². The van der Waals surface area contributed by atoms with Crippen LogP contribution >= 0.6 is 11.6 Å². The van der Waals surface area contributed by atoms with Crippen LogP contribution in [0.2, 0.25) is 0 Å². The second kappa shape index (κ2) is 3.95. The maximum Gasteiger partial charge on any atom is 0.426 e. The normalized spacial score (nSPS) is 28.8. The number of hydrogen-bond donors (Lipinski definition) is 0. The van der Waals surface area contributed by atoms with E-state index in [1.807, 2.05) is 0 Å². The molecule has 0 heterocycles. The summed E-state index contributed by atoms with van der Waals surface area (Å²) in [5, 5.41) is -1.18. The Bertz CT molecular complexity index is 333. The molecule has 0 amide bonds. The highest BCUT2D eigenvalue weighted by molar-refractivity contribution is 6.30. The summed E-state index contributed by atoms with van der Waals surface area (Å²) in [6.07, 6.45) is -3.66. The highest BCUT2D eigenvalue weighted by Crippen LogP contribution is 2.60. The van der Waals surface area contributed by atoms with Crippen molar-refractivity contribution in [2.45, 2.75) is 20.0 Å². The van der Waals surface area contributed by atoms with Crippen LogP contribution in [-0.4, -0.2) is 19.3 Å². The van der Waals surface area contributed by atoms with E-state index in [1.54, 1.807) is 13.8 Å². The van der Waals surface area contributed by atoms with E-state index in [2.05, 4.69) is 4.74 Å². The Labute approximate surface area is 96.4 Å². The molecular weight excluding hydrogens is 245 g/mol. The van der Waals surface area contributed by atoms with Gasteiger partial charge in [-0.1, -0.05) is 31.5 Å². The predicted octanol–water partition coefficient (Wildman–Crippen LogP) is 3.12. The lowest BCUT2D eigenvalue weighted by molar-refractivity contribution is -0.143. The molecule has 1 aliphatic carbocycles. The smallest absolute Gasteiger partial charge is 0.426 e. The Morgan fingerprint density at radius 3 is 2.31 bits per heavy atom. The van der Waals surface area contributed by atoms with E-state index < -0.39 is 34.4 Å². The van der Waals surface area contributed by atoms with Crippen molar-refractivity contribution in [2.75, 3.05) is 7.11 Å². The van der Waals surface area contributed by atoms with Gasteiger partial charge < -0.3 is 4.74 Å². The fourth-order valence-corrected chi connectivity index (χ4v) is 1.95. The van der Waals surface area contributed by atoms with Crippen LogP contribution in [0.4, 0.5) is 13.2 Å². The van der Waals surface area contributed by atoms with Crippen LogP contribution in [0.1, 0.15) is 13.8 Å². The van der Waals surface area contributed by atoms with Gasteiger partial charge in [-0.15, -0.1) is 0 Å². The van der Waals surface area contributed by atoms with Gasteiger partial charge in [0.1, 0.15) is 5.03 Å². The standard InChI is InChI=1S/C10H12ClF3O2/c1-9(2)5(7(9)8(15)16-3)4-6(11)10(12,13)14/h4-5,7H,1-3H3/t5-,7+/m0/s1. The molecule has 1 aliphatic rings. The van der Waals surface area contributed by atoms with E-state index >= 15 is 0 Å². The van der Waals surface area contributed by atoms with Crippen LogP contribution in [0.25, 0.3) is 0 Å². The third-order valence-electron chi connectivity index (χ3n) is 2.96. The molecule has 6 heteroatoms. The van der Waals surface area contributed by atoms with Crippen molar-refractivity contribution < 1.29 is 22.7 Å². The second-order valence-electron chi connectivity index (χ2n) is 4.36. The van der Waals surface area contributed by atoms with Gasteiger partial charge in [0, 0.05) is 0 Å². The van der Waals surface area contributed by atoms with Gasteiger partial charge in [-0.05, 0) is 11.3 Å². The topological polar surface area (TPSA) is 26.3 Å². The Balaban J connectivity index is 2.83. The van der Waals surface area contributed by atoms with Crippen LogP contribution in [-0.2, 0) is 9.53 Å². The average Bonchev–Trinajstić information content (AvgIpc) is 2.65. The molecule has 0 spiro atoms. The number of allylic oxidation sites excluding steroid dienone is 2. The summed E-state index contributed by atoms with van der Waals surface area (Å²) in [5.41, 5.74) is -0.529. The summed E-state index contributed by atoms with van der Waals surface area (Å²) in [7, 11) is 1.21. The molecule has 0 aromatic carbocycles. The minimum atomic E-state index is -4.55. The van der Waals surface area contributed by atoms with Gasteiger partial charge in [0.25, 0.3) is 0 Å². The van der Waals surface area contributed by atoms with E-state index in [-0.39, 0.29) is 0 Å². The molecule has 2 nitrogen and oxygen atoms in total. The number of ether oxygens (including phenoxy) is 1. The Morgan fingerprint density at radius 1 is 1.44 bits per heavy atom. The van der Waals surface area contributed by atoms with Crippen molar-refractivity contribution in [1.29, 1.82) is 0 Å². The van der Waals surface area contributed by atoms with E-state index in [0.717, 1.165) is 6.08 Å². The van der Waals surface area contributed by atoms with Crippen molar-refractivity contribution in [3.63, 3.8) is 0 Å². The SMILES string of the molecule is COC(=O)[C@H]1[C@H](C=C(Cl)C(F)(F)F)C1(C)C. The molecule has 0 aliphatic heterocycles. The zero-order valence-corrected chi connectivity index (χ0v) is 9.82. The Hall–Kier alpha value is -0.710. The van der Waals surface area contributed by atoms with Crippen molar-refractivity contribution in [1.82, 2.24) is 0 Å². The number of rotatable bonds is 2. The zero-order chi connectivity index (χ0) is 12.7. The third-order valence-corrected chi connectivity index (χ3v) is 3.30. The first kappa shape index (κ1) is 13.4. The first-order valence-corrected chi connectivity index (χ1v) is 5.02. The van der Waals surface area contributed by atoms with Crippen molar-refractivity contribution in [2.24, 2.45) is 17.3 Å². The minimum absolute atomic E-state index is 0.502. The molecule has 0 N–H and O–H groups in total. The van der Waals surface area contributed by atoms with Crippen molar-refractivity contribution >= 4 is 17.6 Å². The highest BCUT2D eigenvalue weighted by Gasteiger charge is 2.62. The maximum absolute atomic E-state index is 12.2. The van der Waals surface area contributed by atoms with Gasteiger partial charge in [0.15, 0.2) is 0 Å². The molecule has 92 valence electrons. The van der Waals surface area contributed by atoms with Crippen LogP contribution in [0.15, 0.2) is 11.1 Å². The summed E-state index contributed by atoms with van der Waals surface area (Å²) in [5.74, 6) is -1.57. The lowest BCUT2D eigenvalue weighted by Gasteiger charge is -2.04. The molecule has 1 fully saturated rings. The zero-order valence-electron chi connectivity index (χ0n) is 9.06. The fraction of sp³-hybridized carbons (Fsp3) is 0.700. The summed E-state index contributed by atoms with van der Waals surface area (Å²) in [6, 6.07) is 0. The number of hydrogen-bond acceptors (Lipinski definition) is 2. The number of alkyl halides is 3. The quantitative estimate of drug-likeness (QED) is 0.710. The van der Waals surface area contributed by atoms with Gasteiger partial charge in [-0.3, -0.25) is 4.79 Å². The molecular formula is C10H12ClF3O2. The second-order valence-corrected chi connectivity index (χ2v) is 4.77. The minimum Gasteiger partial charge on any atom is -0.469 e. The first-order chi connectivity index (χ1) is 7.12. The lowest BCUT2D eigenvalue weighted by Crippen LogP contribution is -2.08. The van der Waals surface area contributed by atoms with Gasteiger partial charge in [-0.25, -0.2) is 0 Å². The van der Waals surface area contributed by atoms with E-state index in [0.29, 0.717) is 0 Å². The largest absolute Gasteiger partial charge is 0.469 e. The number of carbonyl (C=O) groups is 1. The summed E-state index contributed by atoms with van der Waals surface area (Å²) in [6.45, 7) is 3.41. The predicted molar refractivity (Wildman–Crippen MR) is 52.8 cm³/mol. The lowest BCUT2D eigenvalue weighted by atomic mass is 10.1. The van der Waals surface area contributed by atoms with Crippen LogP contribution in [0, 0.1) is 17.3 Å². The molecule has 0 aromatic heterocycles. The molecule has 0 unspecified atom stereocenters. The summed E-state index contributed by atoms with van der Waals surface area (Å²) in [4.78, 5) is 11.3. The number of esters is 1. The van der Waals surface area contributed by atoms with Gasteiger partial charge >= 0.3 is 12.1 Å². The monoisotopic (exact) mass is 256 g/mol. The number of halogens is 4. The average molecular weight is 257 g/mol. The summed E-state index contributed by atoms with van der Waals surface area (Å²) >= 11 is 5.12. The maximum atomic E-state index is 12.2. The van der Waals surface area contributed by atoms with E-state index in [9.17, 15) is 18.0 Å². The fourth-order valence-electron chi connectivity index (χ4n) is 1.82. The molecule has 1 rings (SSSR count). The van der Waals surface area contributed by atoms with Crippen LogP contribution in [0.3, 0.4) is 0 Å². The molecule has 0 saturated heterocycles. The van der Waals surface area contributed by atoms with Gasteiger partial charge in [0.2, 0.25) is 0 Å². The Morgan fingerprint density at radius 2 is 1.94 bits per heavy atom. The molecule has 0 bridgehead atoms. The first-order valence-electron chi connectivity index (χ1n) is 4.64. The third kappa shape index (κ3) is 2.34. The van der Waals surface area contributed by atoms with E-state index in [4.69, 9.17) is 11.6 Å². The van der Waals surface area contributed by atoms with Crippen molar-refractivity contribution in [3.8, 4) is 0 Å². The highest BCUT2D eigenvalue weighted by atomic mass is 35.5. The molecule has 2 atom stereocenters. The van der Waals surface area contributed by atoms with Crippen LogP contribution < -0.4 is 0 Å².